The number of rotatable bonds is 6. The van der Waals surface area contributed by atoms with Crippen molar-refractivity contribution in [1.29, 1.82) is 0 Å². The number of carbonyl (C=O) groups excluding carboxylic acids is 1. The molecule has 0 radical (unpaired) electrons. The van der Waals surface area contributed by atoms with Crippen molar-refractivity contribution in [2.24, 2.45) is 0 Å². The summed E-state index contributed by atoms with van der Waals surface area (Å²) in [5.74, 6) is 0.286. The van der Waals surface area contributed by atoms with Crippen LogP contribution in [0, 0.1) is 12.7 Å². The third-order valence-electron chi connectivity index (χ3n) is 5.92. The Hall–Kier alpha value is -3.49. The van der Waals surface area contributed by atoms with Crippen molar-refractivity contribution in [3.8, 4) is 11.4 Å². The number of halogens is 1. The molecule has 8 nitrogen and oxygen atoms in total. The Morgan fingerprint density at radius 1 is 1.12 bits per heavy atom. The van der Waals surface area contributed by atoms with Crippen molar-refractivity contribution in [3.05, 3.63) is 64.2 Å². The van der Waals surface area contributed by atoms with Crippen molar-refractivity contribution < 1.29 is 13.7 Å². The number of aryl methyl sites for hydroxylation is 2. The topological polar surface area (TPSA) is 84.5 Å². The number of pyridine rings is 1. The Balaban J connectivity index is 1.35. The van der Waals surface area contributed by atoms with Gasteiger partial charge in [0.25, 0.3) is 5.56 Å². The van der Waals surface area contributed by atoms with Crippen LogP contribution in [0.4, 0.5) is 10.1 Å². The molecular weight excluding hydrogens is 425 g/mol. The van der Waals surface area contributed by atoms with Crippen LogP contribution in [0.25, 0.3) is 11.4 Å². The van der Waals surface area contributed by atoms with Crippen LogP contribution in [0.3, 0.4) is 0 Å². The zero-order chi connectivity index (χ0) is 23.5. The molecule has 3 heterocycles. The van der Waals surface area contributed by atoms with E-state index >= 15 is 0 Å². The molecule has 174 valence electrons. The minimum atomic E-state index is -0.252. The van der Waals surface area contributed by atoms with E-state index in [0.717, 1.165) is 5.69 Å². The highest BCUT2D eigenvalue weighted by atomic mass is 19.1. The fourth-order valence-corrected chi connectivity index (χ4v) is 4.20. The number of hydrogen-bond donors (Lipinski definition) is 0. The van der Waals surface area contributed by atoms with E-state index in [0.29, 0.717) is 49.7 Å². The minimum Gasteiger partial charge on any atom is -0.366 e. The summed E-state index contributed by atoms with van der Waals surface area (Å²) in [5, 5.41) is 3.95. The Bertz CT molecular complexity index is 1190. The average Bonchev–Trinajstić information content (AvgIpc) is 3.26. The molecule has 1 aliphatic rings. The van der Waals surface area contributed by atoms with Gasteiger partial charge in [-0.1, -0.05) is 17.3 Å². The summed E-state index contributed by atoms with van der Waals surface area (Å²) in [5.41, 5.74) is 1.64. The molecule has 2 aromatic heterocycles. The lowest BCUT2D eigenvalue weighted by Crippen LogP contribution is -2.49. The summed E-state index contributed by atoms with van der Waals surface area (Å²) in [4.78, 5) is 33.5. The smallest absolute Gasteiger partial charge is 0.262 e. The number of hydrogen-bond acceptors (Lipinski definition) is 6. The normalized spacial score (nSPS) is 14.2. The van der Waals surface area contributed by atoms with E-state index in [2.05, 4.69) is 10.1 Å². The molecule has 0 unspecified atom stereocenters. The first-order chi connectivity index (χ1) is 15.8. The van der Waals surface area contributed by atoms with Crippen LogP contribution in [-0.4, -0.2) is 51.7 Å². The van der Waals surface area contributed by atoms with Crippen LogP contribution in [0.1, 0.15) is 37.9 Å². The van der Waals surface area contributed by atoms with E-state index in [-0.39, 0.29) is 35.6 Å². The molecule has 0 bridgehead atoms. The van der Waals surface area contributed by atoms with E-state index in [1.807, 2.05) is 37.8 Å². The highest BCUT2D eigenvalue weighted by Gasteiger charge is 2.23. The monoisotopic (exact) mass is 453 g/mol. The molecule has 1 amide bonds. The number of nitrogens with zero attached hydrogens (tertiary/aromatic N) is 5. The van der Waals surface area contributed by atoms with Gasteiger partial charge in [-0.2, -0.15) is 4.98 Å². The zero-order valence-electron chi connectivity index (χ0n) is 19.1. The molecule has 1 saturated heterocycles. The lowest BCUT2D eigenvalue weighted by atomic mass is 10.2. The maximum atomic E-state index is 14.0. The fraction of sp³-hybridized carbons (Fsp3) is 0.417. The summed E-state index contributed by atoms with van der Waals surface area (Å²) in [6, 6.07) is 10.2. The summed E-state index contributed by atoms with van der Waals surface area (Å²) in [6.45, 7) is 7.98. The first-order valence-corrected chi connectivity index (χ1v) is 11.2. The molecule has 9 heteroatoms. The quantitative estimate of drug-likeness (QED) is 0.570. The van der Waals surface area contributed by atoms with Crippen LogP contribution >= 0.6 is 0 Å². The maximum Gasteiger partial charge on any atom is 0.262 e. The molecule has 0 saturated carbocycles. The third kappa shape index (κ3) is 4.81. The van der Waals surface area contributed by atoms with Gasteiger partial charge in [-0.25, -0.2) is 4.39 Å². The minimum absolute atomic E-state index is 0.0135. The van der Waals surface area contributed by atoms with E-state index in [1.54, 1.807) is 27.7 Å². The Morgan fingerprint density at radius 2 is 1.85 bits per heavy atom. The second-order valence-electron chi connectivity index (χ2n) is 8.49. The molecule has 0 spiro atoms. The standard InChI is InChI=1S/C24H28FN5O3/c1-16(2)30-17(3)8-9-18(24(30)32)23-26-21(33-27-23)10-11-22(31)29-14-12-28(13-15-29)20-7-5-4-6-19(20)25/h4-9,16H,10-15H2,1-3H3. The fourth-order valence-electron chi connectivity index (χ4n) is 4.20. The van der Waals surface area contributed by atoms with Gasteiger partial charge in [0.05, 0.1) is 11.3 Å². The van der Waals surface area contributed by atoms with E-state index in [4.69, 9.17) is 4.52 Å². The number of para-hydroxylation sites is 1. The lowest BCUT2D eigenvalue weighted by molar-refractivity contribution is -0.131. The molecular formula is C24H28FN5O3. The van der Waals surface area contributed by atoms with E-state index in [9.17, 15) is 14.0 Å². The van der Waals surface area contributed by atoms with Crippen molar-refractivity contribution in [1.82, 2.24) is 19.6 Å². The van der Waals surface area contributed by atoms with Crippen molar-refractivity contribution in [3.63, 3.8) is 0 Å². The van der Waals surface area contributed by atoms with Gasteiger partial charge in [0, 0.05) is 50.8 Å². The summed E-state index contributed by atoms with van der Waals surface area (Å²) >= 11 is 0. The van der Waals surface area contributed by atoms with Crippen molar-refractivity contribution >= 4 is 11.6 Å². The summed E-state index contributed by atoms with van der Waals surface area (Å²) in [7, 11) is 0. The molecule has 0 aliphatic carbocycles. The second kappa shape index (κ2) is 9.56. The van der Waals surface area contributed by atoms with Crippen LogP contribution < -0.4 is 10.5 Å². The van der Waals surface area contributed by atoms with Gasteiger partial charge < -0.3 is 18.9 Å². The molecule has 0 N–H and O–H groups in total. The first kappa shape index (κ1) is 22.7. The van der Waals surface area contributed by atoms with Gasteiger partial charge in [0.1, 0.15) is 5.82 Å². The molecule has 3 aromatic rings. The number of piperazine rings is 1. The number of aromatic nitrogens is 3. The SMILES string of the molecule is Cc1ccc(-c2noc(CCC(=O)N3CCN(c4ccccc4F)CC3)n2)c(=O)n1C(C)C. The predicted molar refractivity (Wildman–Crippen MR) is 123 cm³/mol. The largest absolute Gasteiger partial charge is 0.366 e. The molecule has 1 fully saturated rings. The summed E-state index contributed by atoms with van der Waals surface area (Å²) < 4.78 is 21.0. The second-order valence-corrected chi connectivity index (χ2v) is 8.49. The van der Waals surface area contributed by atoms with Gasteiger partial charge >= 0.3 is 0 Å². The zero-order valence-corrected chi connectivity index (χ0v) is 19.1. The third-order valence-corrected chi connectivity index (χ3v) is 5.92. The summed E-state index contributed by atoms with van der Waals surface area (Å²) in [6.07, 6.45) is 0.523. The van der Waals surface area contributed by atoms with Crippen LogP contribution in [0.15, 0.2) is 45.7 Å². The number of benzene rings is 1. The molecule has 0 atom stereocenters. The highest BCUT2D eigenvalue weighted by Crippen LogP contribution is 2.21. The van der Waals surface area contributed by atoms with Crippen LogP contribution in [-0.2, 0) is 11.2 Å². The Morgan fingerprint density at radius 3 is 2.55 bits per heavy atom. The lowest BCUT2D eigenvalue weighted by Gasteiger charge is -2.36. The van der Waals surface area contributed by atoms with Crippen LogP contribution in [0.2, 0.25) is 0 Å². The number of amides is 1. The van der Waals surface area contributed by atoms with Crippen molar-refractivity contribution in [2.75, 3.05) is 31.1 Å². The highest BCUT2D eigenvalue weighted by molar-refractivity contribution is 5.76. The first-order valence-electron chi connectivity index (χ1n) is 11.2. The molecule has 1 aromatic carbocycles. The van der Waals surface area contributed by atoms with Gasteiger partial charge in [-0.3, -0.25) is 9.59 Å². The van der Waals surface area contributed by atoms with E-state index in [1.165, 1.54) is 6.07 Å². The van der Waals surface area contributed by atoms with Gasteiger partial charge in [-0.15, -0.1) is 0 Å². The Labute approximate surface area is 191 Å². The molecule has 1 aliphatic heterocycles. The maximum absolute atomic E-state index is 14.0. The van der Waals surface area contributed by atoms with Gasteiger partial charge in [0.2, 0.25) is 17.6 Å². The molecule has 4 rings (SSSR count). The molecule has 33 heavy (non-hydrogen) atoms. The van der Waals surface area contributed by atoms with Gasteiger partial charge in [0.15, 0.2) is 0 Å². The van der Waals surface area contributed by atoms with E-state index < -0.39 is 0 Å². The number of carbonyl (C=O) groups is 1. The average molecular weight is 454 g/mol. The van der Waals surface area contributed by atoms with Gasteiger partial charge in [-0.05, 0) is 45.0 Å². The number of anilines is 1. The predicted octanol–water partition coefficient (Wildman–Crippen LogP) is 3.21. The van der Waals surface area contributed by atoms with Crippen LogP contribution in [0.5, 0.6) is 0 Å². The Kier molecular flexibility index (Phi) is 6.57. The van der Waals surface area contributed by atoms with Crippen molar-refractivity contribution in [2.45, 2.75) is 39.7 Å².